The minimum Gasteiger partial charge on any atom is -0.310 e. The minimum atomic E-state index is 0.122. The molecule has 8 bridgehead atoms. The van der Waals surface area contributed by atoms with Gasteiger partial charge in [-0.1, -0.05) is 110 Å². The van der Waals surface area contributed by atoms with Crippen molar-refractivity contribution < 1.29 is 0 Å². The van der Waals surface area contributed by atoms with Gasteiger partial charge in [-0.15, -0.1) is 0 Å². The van der Waals surface area contributed by atoms with Crippen LogP contribution in [0.4, 0.5) is 17.1 Å². The molecule has 8 fully saturated rings. The summed E-state index contributed by atoms with van der Waals surface area (Å²) in [6, 6.07) is 50.9. The van der Waals surface area contributed by atoms with Gasteiger partial charge in [-0.2, -0.15) is 0 Å². The summed E-state index contributed by atoms with van der Waals surface area (Å²) < 4.78 is 0. The number of hydrogen-bond donors (Lipinski definition) is 0. The first kappa shape index (κ1) is 32.3. The van der Waals surface area contributed by atoms with Crippen LogP contribution >= 0.6 is 0 Å². The van der Waals surface area contributed by atoms with E-state index >= 15 is 0 Å². The summed E-state index contributed by atoms with van der Waals surface area (Å²) in [5.74, 6) is 6.64. The molecule has 282 valence electrons. The molecule has 0 aliphatic heterocycles. The predicted octanol–water partition coefficient (Wildman–Crippen LogP) is 14.5. The number of benzene rings is 6. The molecule has 6 aromatic rings. The summed E-state index contributed by atoms with van der Waals surface area (Å²) in [4.78, 5) is 2.71. The summed E-state index contributed by atoms with van der Waals surface area (Å²) in [7, 11) is 0. The monoisotopic (exact) mass is 739 g/mol. The van der Waals surface area contributed by atoms with Crippen molar-refractivity contribution in [2.24, 2.45) is 47.3 Å². The highest BCUT2D eigenvalue weighted by atomic mass is 15.1. The Labute approximate surface area is 338 Å². The molecular weight excluding hydrogens is 687 g/mol. The Balaban J connectivity index is 1.03. The number of fused-ring (bicyclic) bond motifs is 9. The molecule has 9 unspecified atom stereocenters. The zero-order valence-corrected chi connectivity index (χ0v) is 33.2. The third-order valence-electron chi connectivity index (χ3n) is 18.2. The first-order chi connectivity index (χ1) is 28.2. The molecule has 57 heavy (non-hydrogen) atoms. The molecule has 0 heterocycles. The lowest BCUT2D eigenvalue weighted by Gasteiger charge is -2.53. The lowest BCUT2D eigenvalue weighted by atomic mass is 9.50. The molecule has 2 spiro atoms. The van der Waals surface area contributed by atoms with Crippen molar-refractivity contribution in [2.45, 2.75) is 87.9 Å². The van der Waals surface area contributed by atoms with Gasteiger partial charge in [0.05, 0.1) is 5.69 Å². The van der Waals surface area contributed by atoms with Crippen molar-refractivity contribution in [3.63, 3.8) is 0 Å². The van der Waals surface area contributed by atoms with Crippen LogP contribution in [0.15, 0.2) is 127 Å². The average Bonchev–Trinajstić information content (AvgIpc) is 3.48. The van der Waals surface area contributed by atoms with Crippen molar-refractivity contribution in [1.82, 2.24) is 0 Å². The van der Waals surface area contributed by atoms with Crippen molar-refractivity contribution in [1.29, 1.82) is 0 Å². The quantitative estimate of drug-likeness (QED) is 0.175. The summed E-state index contributed by atoms with van der Waals surface area (Å²) in [6.07, 6.45) is 17.1. The van der Waals surface area contributed by atoms with E-state index in [0.29, 0.717) is 0 Å². The normalized spacial score (nSPS) is 34.3. The van der Waals surface area contributed by atoms with Crippen LogP contribution in [0.25, 0.3) is 33.0 Å². The fourth-order valence-corrected chi connectivity index (χ4v) is 16.7. The highest BCUT2D eigenvalue weighted by molar-refractivity contribution is 5.98. The Kier molecular flexibility index (Phi) is 6.54. The molecule has 0 N–H and O–H groups in total. The van der Waals surface area contributed by atoms with Crippen LogP contribution in [-0.2, 0) is 10.8 Å². The van der Waals surface area contributed by atoms with Crippen molar-refractivity contribution in [3.8, 4) is 22.3 Å². The van der Waals surface area contributed by atoms with Crippen LogP contribution in [0.5, 0.6) is 0 Å². The fraction of sp³-hybridized carbons (Fsp3) is 0.393. The molecule has 10 aliphatic carbocycles. The molecule has 10 aliphatic rings. The standard InChI is InChI=1S/C56H53N/c1-2-9-39-32-44(21-18-38(39)8-1)57(45-22-23-47-46-10-3-5-12-49(46)56(52(47)33-45)41-20-17-35-25-37(29-41)31-43(56)27-35)53-15-7-14-51-54(53)48-11-4-6-13-50(48)55(51)40-19-16-34-24-36(28-40)30-42(55)26-34/h1-15,18,21-23,32-37,40-43H,16-17,19-20,24-31H2/t34?,35?,36?,37?,40-,41?,42?,43?,55?,56?/m0/s1. The first-order valence-corrected chi connectivity index (χ1v) is 22.9. The Bertz CT molecular complexity index is 2630. The summed E-state index contributed by atoms with van der Waals surface area (Å²) in [5, 5.41) is 2.62. The molecule has 16 rings (SSSR count). The van der Waals surface area contributed by atoms with E-state index in [1.165, 1.54) is 127 Å². The average molecular weight is 740 g/mol. The van der Waals surface area contributed by atoms with Crippen LogP contribution in [-0.4, -0.2) is 0 Å². The molecule has 1 nitrogen and oxygen atoms in total. The summed E-state index contributed by atoms with van der Waals surface area (Å²) in [6.45, 7) is 0. The second-order valence-electron chi connectivity index (χ2n) is 20.4. The topological polar surface area (TPSA) is 3.24 Å². The zero-order valence-electron chi connectivity index (χ0n) is 33.2. The van der Waals surface area contributed by atoms with Crippen molar-refractivity contribution >= 4 is 27.8 Å². The van der Waals surface area contributed by atoms with Gasteiger partial charge in [0.2, 0.25) is 0 Å². The van der Waals surface area contributed by atoms with Gasteiger partial charge in [-0.25, -0.2) is 0 Å². The number of anilines is 3. The maximum absolute atomic E-state index is 2.73. The molecule has 0 amide bonds. The molecule has 0 radical (unpaired) electrons. The van der Waals surface area contributed by atoms with Gasteiger partial charge < -0.3 is 4.90 Å². The second kappa shape index (κ2) is 11.5. The van der Waals surface area contributed by atoms with E-state index in [1.54, 1.807) is 22.3 Å². The van der Waals surface area contributed by atoms with Gasteiger partial charge in [-0.05, 0) is 192 Å². The van der Waals surface area contributed by atoms with E-state index in [4.69, 9.17) is 0 Å². The molecule has 10 atom stereocenters. The lowest BCUT2D eigenvalue weighted by Crippen LogP contribution is -2.48. The summed E-state index contributed by atoms with van der Waals surface area (Å²) >= 11 is 0. The second-order valence-corrected chi connectivity index (χ2v) is 20.4. The van der Waals surface area contributed by atoms with E-state index in [9.17, 15) is 0 Å². The molecular formula is C56H53N. The van der Waals surface area contributed by atoms with Gasteiger partial charge >= 0.3 is 0 Å². The predicted molar refractivity (Wildman–Crippen MR) is 234 cm³/mol. The SMILES string of the molecule is c1ccc2c(c1)-c1ccc(N(c3ccc4ccccc4c3)c3cccc4c3-c3ccccc3C43C4CC5CC[C@H]3CC(C5)C4)cc1C21C2CCC3CC(C2)CC1C3. The Hall–Kier alpha value is -4.62. The Morgan fingerprint density at radius 1 is 0.368 bits per heavy atom. The van der Waals surface area contributed by atoms with Crippen molar-refractivity contribution in [3.05, 3.63) is 150 Å². The van der Waals surface area contributed by atoms with Gasteiger partial charge in [0.15, 0.2) is 0 Å². The molecule has 6 aromatic carbocycles. The lowest BCUT2D eigenvalue weighted by molar-refractivity contribution is 0.0618. The van der Waals surface area contributed by atoms with E-state index in [-0.39, 0.29) is 10.8 Å². The smallest absolute Gasteiger partial charge is 0.0543 e. The third kappa shape index (κ3) is 4.12. The van der Waals surface area contributed by atoms with Crippen LogP contribution in [0, 0.1) is 47.3 Å². The molecule has 0 aromatic heterocycles. The van der Waals surface area contributed by atoms with Crippen molar-refractivity contribution in [2.75, 3.05) is 4.90 Å². The van der Waals surface area contributed by atoms with E-state index < -0.39 is 0 Å². The largest absolute Gasteiger partial charge is 0.310 e. The van der Waals surface area contributed by atoms with Crippen LogP contribution in [0.1, 0.15) is 99.3 Å². The van der Waals surface area contributed by atoms with Gasteiger partial charge in [0.1, 0.15) is 0 Å². The molecule has 0 saturated heterocycles. The van der Waals surface area contributed by atoms with Crippen LogP contribution in [0.3, 0.4) is 0 Å². The number of hydrogen-bond acceptors (Lipinski definition) is 1. The minimum absolute atomic E-state index is 0.122. The summed E-state index contributed by atoms with van der Waals surface area (Å²) in [5.41, 5.74) is 16.8. The first-order valence-electron chi connectivity index (χ1n) is 22.9. The number of rotatable bonds is 3. The van der Waals surface area contributed by atoms with E-state index in [1.807, 2.05) is 0 Å². The van der Waals surface area contributed by atoms with Gasteiger partial charge in [-0.3, -0.25) is 0 Å². The Morgan fingerprint density at radius 3 is 1.67 bits per heavy atom. The molecule has 1 heteroatoms. The maximum Gasteiger partial charge on any atom is 0.0543 e. The van der Waals surface area contributed by atoms with Gasteiger partial charge in [0.25, 0.3) is 0 Å². The fourth-order valence-electron chi connectivity index (χ4n) is 16.7. The van der Waals surface area contributed by atoms with E-state index in [2.05, 4.69) is 132 Å². The third-order valence-corrected chi connectivity index (χ3v) is 18.2. The van der Waals surface area contributed by atoms with E-state index in [0.717, 1.165) is 47.3 Å². The maximum atomic E-state index is 2.73. The van der Waals surface area contributed by atoms with Crippen LogP contribution in [0.2, 0.25) is 0 Å². The Morgan fingerprint density at radius 2 is 0.912 bits per heavy atom. The number of nitrogens with zero attached hydrogens (tertiary/aromatic N) is 1. The van der Waals surface area contributed by atoms with Crippen LogP contribution < -0.4 is 4.90 Å². The van der Waals surface area contributed by atoms with Gasteiger partial charge in [0, 0.05) is 27.8 Å². The molecule has 8 saturated carbocycles. The highest BCUT2D eigenvalue weighted by Crippen LogP contribution is 2.70. The highest BCUT2D eigenvalue weighted by Gasteiger charge is 2.61. The zero-order chi connectivity index (χ0) is 37.0.